The van der Waals surface area contributed by atoms with Crippen LogP contribution in [0.2, 0.25) is 0 Å². The summed E-state index contributed by atoms with van der Waals surface area (Å²) in [4.78, 5) is 39.7. The summed E-state index contributed by atoms with van der Waals surface area (Å²) in [6, 6.07) is 14.7. The average Bonchev–Trinajstić information content (AvgIpc) is 3.12. The second kappa shape index (κ2) is 7.36. The summed E-state index contributed by atoms with van der Waals surface area (Å²) < 4.78 is 1.06. The first kappa shape index (κ1) is 17.5. The van der Waals surface area contributed by atoms with Crippen LogP contribution in [0.1, 0.15) is 5.56 Å². The van der Waals surface area contributed by atoms with Crippen LogP contribution in [-0.2, 0) is 22.6 Å². The molecule has 8 nitrogen and oxygen atoms in total. The van der Waals surface area contributed by atoms with Crippen molar-refractivity contribution in [2.45, 2.75) is 13.0 Å². The van der Waals surface area contributed by atoms with Crippen molar-refractivity contribution in [3.63, 3.8) is 0 Å². The van der Waals surface area contributed by atoms with Crippen molar-refractivity contribution in [1.82, 2.24) is 25.6 Å². The smallest absolute Gasteiger partial charge is 0.275 e. The number of rotatable bonds is 4. The molecular weight excluding hydrogens is 358 g/mol. The summed E-state index contributed by atoms with van der Waals surface area (Å²) in [6.07, 6.45) is 3.41. The normalized spacial score (nSPS) is 10.9. The maximum Gasteiger partial charge on any atom is 0.275 e. The first-order valence-corrected chi connectivity index (χ1v) is 8.69. The van der Waals surface area contributed by atoms with Crippen LogP contribution in [0.25, 0.3) is 21.7 Å². The highest BCUT2D eigenvalue weighted by atomic mass is 16.2. The Balaban J connectivity index is 1.37. The highest BCUT2D eigenvalue weighted by Crippen LogP contribution is 2.17. The molecule has 0 bridgehead atoms. The average molecular weight is 375 g/mol. The predicted octanol–water partition coefficient (Wildman–Crippen LogP) is 1.27. The van der Waals surface area contributed by atoms with Crippen molar-refractivity contribution < 1.29 is 9.59 Å². The third-order valence-electron chi connectivity index (χ3n) is 4.42. The van der Waals surface area contributed by atoms with Gasteiger partial charge in [0.1, 0.15) is 6.54 Å². The molecule has 28 heavy (non-hydrogen) atoms. The van der Waals surface area contributed by atoms with Gasteiger partial charge in [-0.15, -0.1) is 0 Å². The molecule has 0 saturated heterocycles. The van der Waals surface area contributed by atoms with Crippen LogP contribution in [0.4, 0.5) is 0 Å². The molecule has 0 aliphatic carbocycles. The Morgan fingerprint density at radius 1 is 0.964 bits per heavy atom. The second-order valence-electron chi connectivity index (χ2n) is 6.33. The number of fused-ring (bicyclic) bond motifs is 2. The molecule has 0 spiro atoms. The summed E-state index contributed by atoms with van der Waals surface area (Å²) >= 11 is 0. The Morgan fingerprint density at radius 2 is 1.68 bits per heavy atom. The number of hydrogen-bond acceptors (Lipinski definition) is 4. The lowest BCUT2D eigenvalue weighted by atomic mass is 10.1. The molecule has 0 atom stereocenters. The first-order chi connectivity index (χ1) is 13.6. The molecule has 2 aromatic carbocycles. The Bertz CT molecular complexity index is 1240. The lowest BCUT2D eigenvalue weighted by Crippen LogP contribution is -2.45. The van der Waals surface area contributed by atoms with E-state index in [0.717, 1.165) is 21.1 Å². The number of nitrogens with zero attached hydrogens (tertiary/aromatic N) is 2. The number of nitrogens with one attached hydrogen (secondary N) is 3. The van der Waals surface area contributed by atoms with E-state index < -0.39 is 5.91 Å². The number of amides is 2. The lowest BCUT2D eigenvalue weighted by Gasteiger charge is -2.08. The maximum atomic E-state index is 12.4. The lowest BCUT2D eigenvalue weighted by molar-refractivity contribution is -0.129. The van der Waals surface area contributed by atoms with Gasteiger partial charge in [0.2, 0.25) is 5.91 Å². The second-order valence-corrected chi connectivity index (χ2v) is 6.33. The molecule has 4 aromatic rings. The molecule has 8 heteroatoms. The number of aromatic amines is 1. The zero-order valence-corrected chi connectivity index (χ0v) is 14.8. The number of benzene rings is 2. The Kier molecular flexibility index (Phi) is 4.59. The minimum atomic E-state index is -0.544. The quantitative estimate of drug-likeness (QED) is 0.467. The Morgan fingerprint density at radius 3 is 2.54 bits per heavy atom. The first-order valence-electron chi connectivity index (χ1n) is 8.69. The number of H-pyrrole nitrogens is 1. The highest BCUT2D eigenvalue weighted by molar-refractivity contribution is 5.89. The summed E-state index contributed by atoms with van der Waals surface area (Å²) in [5.41, 5.74) is 6.09. The minimum absolute atomic E-state index is 0.110. The molecule has 2 amide bonds. The van der Waals surface area contributed by atoms with E-state index in [1.807, 2.05) is 30.3 Å². The van der Waals surface area contributed by atoms with Gasteiger partial charge in [0.05, 0.1) is 18.0 Å². The number of hydrogen-bond donors (Lipinski definition) is 3. The van der Waals surface area contributed by atoms with Crippen LogP contribution in [0.3, 0.4) is 0 Å². The zero-order chi connectivity index (χ0) is 19.5. The van der Waals surface area contributed by atoms with Gasteiger partial charge in [-0.2, -0.15) is 5.10 Å². The van der Waals surface area contributed by atoms with Gasteiger partial charge in [0, 0.05) is 22.5 Å². The van der Waals surface area contributed by atoms with Crippen molar-refractivity contribution in [3.05, 3.63) is 76.8 Å². The van der Waals surface area contributed by atoms with Crippen molar-refractivity contribution in [2.75, 3.05) is 0 Å². The van der Waals surface area contributed by atoms with Gasteiger partial charge in [0.15, 0.2) is 0 Å². The molecule has 0 aliphatic rings. The van der Waals surface area contributed by atoms with Crippen molar-refractivity contribution in [2.24, 2.45) is 0 Å². The van der Waals surface area contributed by atoms with Crippen LogP contribution in [0.15, 0.2) is 65.7 Å². The van der Waals surface area contributed by atoms with E-state index in [1.165, 1.54) is 6.20 Å². The van der Waals surface area contributed by atoms with Crippen LogP contribution in [0.5, 0.6) is 0 Å². The third kappa shape index (κ3) is 3.48. The molecule has 0 saturated carbocycles. The fraction of sp³-hybridized carbons (Fsp3) is 0.100. The monoisotopic (exact) mass is 375 g/mol. The van der Waals surface area contributed by atoms with Gasteiger partial charge in [-0.05, 0) is 17.7 Å². The van der Waals surface area contributed by atoms with E-state index in [1.54, 1.807) is 24.4 Å². The molecule has 140 valence electrons. The fourth-order valence-electron chi connectivity index (χ4n) is 3.05. The highest BCUT2D eigenvalue weighted by Gasteiger charge is 2.11. The van der Waals surface area contributed by atoms with Crippen LogP contribution in [-0.4, -0.2) is 26.6 Å². The van der Waals surface area contributed by atoms with Crippen LogP contribution in [0, 0.1) is 0 Å². The van der Waals surface area contributed by atoms with E-state index in [0.29, 0.717) is 10.8 Å². The number of carbonyl (C=O) groups is 2. The van der Waals surface area contributed by atoms with E-state index in [4.69, 9.17) is 0 Å². The summed E-state index contributed by atoms with van der Waals surface area (Å²) in [5, 5.41) is 6.13. The van der Waals surface area contributed by atoms with E-state index in [2.05, 4.69) is 20.9 Å². The standard InChI is InChI=1S/C20H17N5O3/c26-18(9-14-10-21-17-8-4-3-6-15(14)17)23-24-19(27)12-25-20(28)16-7-2-1-5-13(16)11-22-25/h1-8,10-11,21H,9,12H2,(H,23,26)(H,24,27). The van der Waals surface area contributed by atoms with E-state index >= 15 is 0 Å². The summed E-state index contributed by atoms with van der Waals surface area (Å²) in [7, 11) is 0. The van der Waals surface area contributed by atoms with E-state index in [-0.39, 0.29) is 24.4 Å². The molecule has 3 N–H and O–H groups in total. The van der Waals surface area contributed by atoms with Crippen molar-refractivity contribution >= 4 is 33.5 Å². The van der Waals surface area contributed by atoms with Crippen molar-refractivity contribution in [3.8, 4) is 0 Å². The molecule has 0 aliphatic heterocycles. The fourth-order valence-corrected chi connectivity index (χ4v) is 3.05. The molecule has 2 heterocycles. The molecule has 0 radical (unpaired) electrons. The number of carbonyl (C=O) groups excluding carboxylic acids is 2. The Labute approximate surface area is 159 Å². The van der Waals surface area contributed by atoms with E-state index in [9.17, 15) is 14.4 Å². The van der Waals surface area contributed by atoms with Gasteiger partial charge in [0.25, 0.3) is 11.5 Å². The van der Waals surface area contributed by atoms with Gasteiger partial charge in [-0.3, -0.25) is 25.2 Å². The van der Waals surface area contributed by atoms with Gasteiger partial charge in [-0.1, -0.05) is 36.4 Å². The molecule has 2 aromatic heterocycles. The van der Waals surface area contributed by atoms with Gasteiger partial charge < -0.3 is 4.98 Å². The molecule has 0 fully saturated rings. The van der Waals surface area contributed by atoms with Crippen LogP contribution < -0.4 is 16.4 Å². The minimum Gasteiger partial charge on any atom is -0.361 e. The number of hydrazine groups is 1. The largest absolute Gasteiger partial charge is 0.361 e. The SMILES string of the molecule is O=C(Cc1c[nH]c2ccccc12)NNC(=O)Cn1ncc2ccccc2c1=O. The van der Waals surface area contributed by atoms with Gasteiger partial charge in [-0.25, -0.2) is 4.68 Å². The topological polar surface area (TPSA) is 109 Å². The summed E-state index contributed by atoms with van der Waals surface area (Å²) in [5.74, 6) is -0.908. The predicted molar refractivity (Wildman–Crippen MR) is 104 cm³/mol. The third-order valence-corrected chi connectivity index (χ3v) is 4.42. The van der Waals surface area contributed by atoms with Crippen LogP contribution >= 0.6 is 0 Å². The number of aromatic nitrogens is 3. The maximum absolute atomic E-state index is 12.4. The Hall–Kier alpha value is -3.94. The zero-order valence-electron chi connectivity index (χ0n) is 14.8. The van der Waals surface area contributed by atoms with Crippen molar-refractivity contribution in [1.29, 1.82) is 0 Å². The number of para-hydroxylation sites is 1. The van der Waals surface area contributed by atoms with Gasteiger partial charge >= 0.3 is 0 Å². The molecular formula is C20H17N5O3. The molecule has 0 unspecified atom stereocenters. The molecule has 4 rings (SSSR count). The summed E-state index contributed by atoms with van der Waals surface area (Å²) in [6.45, 7) is -0.295.